The second-order valence-electron chi connectivity index (χ2n) is 7.24. The summed E-state index contributed by atoms with van der Waals surface area (Å²) in [5.74, 6) is 2.65. The minimum Gasteiger partial charge on any atom is -0.356 e. The largest absolute Gasteiger partial charge is 0.356 e. The fraction of sp³-hybridized carbons (Fsp3) is 0.632. The molecular weight excluding hydrogens is 308 g/mol. The number of carbonyl (C=O) groups excluding carboxylic acids is 1. The van der Waals surface area contributed by atoms with Crippen molar-refractivity contribution in [3.05, 3.63) is 35.9 Å². The Bertz CT molecular complexity index is 507. The Hall–Kier alpha value is -1.06. The summed E-state index contributed by atoms with van der Waals surface area (Å²) in [5.41, 5.74) is 7.25. The van der Waals surface area contributed by atoms with Gasteiger partial charge in [-0.05, 0) is 49.0 Å². The van der Waals surface area contributed by atoms with Crippen LogP contribution >= 0.6 is 12.4 Å². The molecule has 0 heterocycles. The fourth-order valence-corrected chi connectivity index (χ4v) is 4.40. The highest BCUT2D eigenvalue weighted by Gasteiger charge is 2.38. The van der Waals surface area contributed by atoms with Gasteiger partial charge in [0.15, 0.2) is 0 Å². The number of nitrogens with two attached hydrogens (primary N) is 1. The molecule has 128 valence electrons. The molecule has 0 aromatic heterocycles. The lowest BCUT2D eigenvalue weighted by Gasteiger charge is -2.23. The van der Waals surface area contributed by atoms with Gasteiger partial charge in [-0.25, -0.2) is 0 Å². The van der Waals surface area contributed by atoms with Crippen molar-refractivity contribution in [3.63, 3.8) is 0 Å². The molecule has 1 amide bonds. The van der Waals surface area contributed by atoms with Gasteiger partial charge in [0.05, 0.1) is 5.92 Å². The highest BCUT2D eigenvalue weighted by Crippen LogP contribution is 2.49. The summed E-state index contributed by atoms with van der Waals surface area (Å²) in [6.07, 6.45) is 6.82. The van der Waals surface area contributed by atoms with Gasteiger partial charge in [0.2, 0.25) is 5.91 Å². The van der Waals surface area contributed by atoms with E-state index in [4.69, 9.17) is 5.73 Å². The Kier molecular flexibility index (Phi) is 6.49. The molecule has 0 aliphatic heterocycles. The van der Waals surface area contributed by atoms with Crippen LogP contribution in [0.4, 0.5) is 0 Å². The van der Waals surface area contributed by atoms with Gasteiger partial charge < -0.3 is 11.1 Å². The van der Waals surface area contributed by atoms with Gasteiger partial charge in [0, 0.05) is 12.6 Å². The zero-order chi connectivity index (χ0) is 15.5. The molecule has 2 saturated carbocycles. The zero-order valence-electron chi connectivity index (χ0n) is 13.9. The first-order valence-electron chi connectivity index (χ1n) is 8.73. The van der Waals surface area contributed by atoms with Crippen molar-refractivity contribution in [2.45, 2.75) is 45.1 Å². The topological polar surface area (TPSA) is 55.1 Å². The van der Waals surface area contributed by atoms with Crippen molar-refractivity contribution < 1.29 is 4.79 Å². The second kappa shape index (κ2) is 8.16. The minimum absolute atomic E-state index is 0. The maximum atomic E-state index is 12.3. The zero-order valence-corrected chi connectivity index (χ0v) is 14.7. The maximum absolute atomic E-state index is 12.3. The van der Waals surface area contributed by atoms with Crippen molar-refractivity contribution in [3.8, 4) is 0 Å². The SMILES string of the molecule is CC(C(=O)NCCC1CC2CCC1C2)C(N)c1ccccc1.Cl. The average Bonchev–Trinajstić information content (AvgIpc) is 3.17. The average molecular weight is 337 g/mol. The van der Waals surface area contributed by atoms with E-state index in [-0.39, 0.29) is 30.3 Å². The summed E-state index contributed by atoms with van der Waals surface area (Å²) in [6, 6.07) is 9.65. The molecule has 2 fully saturated rings. The molecule has 4 heteroatoms. The number of rotatable bonds is 6. The highest BCUT2D eigenvalue weighted by atomic mass is 35.5. The highest BCUT2D eigenvalue weighted by molar-refractivity contribution is 5.85. The Morgan fingerprint density at radius 2 is 2.00 bits per heavy atom. The molecule has 23 heavy (non-hydrogen) atoms. The van der Waals surface area contributed by atoms with E-state index in [2.05, 4.69) is 5.32 Å². The number of hydrogen-bond acceptors (Lipinski definition) is 2. The number of amides is 1. The van der Waals surface area contributed by atoms with E-state index in [1.165, 1.54) is 25.7 Å². The van der Waals surface area contributed by atoms with Crippen molar-refractivity contribution >= 4 is 18.3 Å². The third-order valence-electron chi connectivity index (χ3n) is 5.84. The molecule has 0 radical (unpaired) electrons. The Labute approximate surface area is 145 Å². The van der Waals surface area contributed by atoms with Gasteiger partial charge in [-0.2, -0.15) is 0 Å². The molecule has 0 spiro atoms. The van der Waals surface area contributed by atoms with Crippen molar-refractivity contribution in [2.24, 2.45) is 29.4 Å². The van der Waals surface area contributed by atoms with Crippen LogP contribution in [0.2, 0.25) is 0 Å². The summed E-state index contributed by atoms with van der Waals surface area (Å²) in [7, 11) is 0. The van der Waals surface area contributed by atoms with Crippen molar-refractivity contribution in [2.75, 3.05) is 6.54 Å². The predicted octanol–water partition coefficient (Wildman–Crippen LogP) is 3.69. The molecule has 2 aliphatic carbocycles. The normalized spacial score (nSPS) is 28.0. The predicted molar refractivity (Wildman–Crippen MR) is 96.3 cm³/mol. The monoisotopic (exact) mass is 336 g/mol. The van der Waals surface area contributed by atoms with E-state index in [9.17, 15) is 4.79 Å². The first-order chi connectivity index (χ1) is 10.6. The lowest BCUT2D eigenvalue weighted by molar-refractivity contribution is -0.125. The summed E-state index contributed by atoms with van der Waals surface area (Å²) in [4.78, 5) is 12.3. The van der Waals surface area contributed by atoms with Gasteiger partial charge in [0.25, 0.3) is 0 Å². The van der Waals surface area contributed by atoms with E-state index in [0.717, 1.165) is 36.3 Å². The number of halogens is 1. The van der Waals surface area contributed by atoms with Crippen LogP contribution in [0, 0.1) is 23.7 Å². The summed E-state index contributed by atoms with van der Waals surface area (Å²) in [5, 5.41) is 3.10. The summed E-state index contributed by atoms with van der Waals surface area (Å²) in [6.45, 7) is 2.73. The molecular formula is C19H29ClN2O. The van der Waals surface area contributed by atoms with E-state index in [1.807, 2.05) is 37.3 Å². The lowest BCUT2D eigenvalue weighted by atomic mass is 9.86. The first-order valence-corrected chi connectivity index (χ1v) is 8.73. The van der Waals surface area contributed by atoms with Crippen molar-refractivity contribution in [1.82, 2.24) is 5.32 Å². The van der Waals surface area contributed by atoms with Gasteiger partial charge in [-0.1, -0.05) is 43.7 Å². The van der Waals surface area contributed by atoms with Crippen LogP contribution in [-0.4, -0.2) is 12.5 Å². The van der Waals surface area contributed by atoms with E-state index in [1.54, 1.807) is 0 Å². The maximum Gasteiger partial charge on any atom is 0.224 e. The molecule has 2 aliphatic rings. The van der Waals surface area contributed by atoms with Crippen LogP contribution in [0.5, 0.6) is 0 Å². The number of fused-ring (bicyclic) bond motifs is 2. The van der Waals surface area contributed by atoms with Crippen LogP contribution in [-0.2, 0) is 4.79 Å². The number of nitrogens with one attached hydrogen (secondary N) is 1. The van der Waals surface area contributed by atoms with Gasteiger partial charge in [-0.15, -0.1) is 12.4 Å². The Morgan fingerprint density at radius 1 is 1.26 bits per heavy atom. The van der Waals surface area contributed by atoms with Crippen LogP contribution in [0.15, 0.2) is 30.3 Å². The van der Waals surface area contributed by atoms with Gasteiger partial charge in [0.1, 0.15) is 0 Å². The van der Waals surface area contributed by atoms with Gasteiger partial charge >= 0.3 is 0 Å². The summed E-state index contributed by atoms with van der Waals surface area (Å²) >= 11 is 0. The Balaban J connectivity index is 0.00000192. The minimum atomic E-state index is -0.233. The Morgan fingerprint density at radius 3 is 2.61 bits per heavy atom. The molecule has 0 saturated heterocycles. The number of hydrogen-bond donors (Lipinski definition) is 2. The second-order valence-corrected chi connectivity index (χ2v) is 7.24. The van der Waals surface area contributed by atoms with E-state index < -0.39 is 0 Å². The number of benzene rings is 1. The smallest absolute Gasteiger partial charge is 0.224 e. The molecule has 2 bridgehead atoms. The van der Waals surface area contributed by atoms with Gasteiger partial charge in [-0.3, -0.25) is 4.79 Å². The molecule has 1 aromatic rings. The molecule has 3 nitrogen and oxygen atoms in total. The fourth-order valence-electron chi connectivity index (χ4n) is 4.40. The molecule has 5 atom stereocenters. The van der Waals surface area contributed by atoms with Crippen LogP contribution in [0.25, 0.3) is 0 Å². The molecule has 3 rings (SSSR count). The standard InChI is InChI=1S/C19H28N2O.ClH/c1-13(18(20)15-5-3-2-4-6-15)19(22)21-10-9-17-12-14-7-8-16(17)11-14;/h2-6,13-14,16-18H,7-12,20H2,1H3,(H,21,22);1H. The van der Waals surface area contributed by atoms with Crippen LogP contribution in [0.3, 0.4) is 0 Å². The van der Waals surface area contributed by atoms with E-state index >= 15 is 0 Å². The third-order valence-corrected chi connectivity index (χ3v) is 5.84. The lowest BCUT2D eigenvalue weighted by Crippen LogP contribution is -2.36. The number of carbonyl (C=O) groups is 1. The van der Waals surface area contributed by atoms with Crippen LogP contribution < -0.4 is 11.1 Å². The molecule has 5 unspecified atom stereocenters. The quantitative estimate of drug-likeness (QED) is 0.832. The van der Waals surface area contributed by atoms with Crippen molar-refractivity contribution in [1.29, 1.82) is 0 Å². The van der Waals surface area contributed by atoms with Crippen LogP contribution in [0.1, 0.15) is 50.6 Å². The third kappa shape index (κ3) is 4.27. The first kappa shape index (κ1) is 18.3. The summed E-state index contributed by atoms with van der Waals surface area (Å²) < 4.78 is 0. The molecule has 3 N–H and O–H groups in total. The molecule has 1 aromatic carbocycles. The van der Waals surface area contributed by atoms with E-state index in [0.29, 0.717) is 0 Å².